The summed E-state index contributed by atoms with van der Waals surface area (Å²) in [6, 6.07) is 10.5. The average Bonchev–Trinajstić information content (AvgIpc) is 3.47. The van der Waals surface area contributed by atoms with Crippen LogP contribution in [0.3, 0.4) is 0 Å². The van der Waals surface area contributed by atoms with Crippen LogP contribution in [0, 0.1) is 11.6 Å². The van der Waals surface area contributed by atoms with E-state index in [1.807, 2.05) is 24.3 Å². The number of halogens is 2. The normalized spacial score (nSPS) is 18.3. The standard InChI is InChI=1S/C30H24F2N4O7S/c1-2-41-30(39)43-15-42-27-20(37)9-10-35-26(27)29(38)34-11-12-40-13-21(34)36(35)25-16-5-3-4-6-17(16)28-24(33-14-44-28)22-18(25)7-8-19(31)23(22)32/h3-10,14,21,25H,2,11-13,15H2,1H3/t21-,25-/m1/s1. The van der Waals surface area contributed by atoms with Crippen molar-refractivity contribution in [3.05, 3.63) is 92.9 Å². The molecule has 11 nitrogen and oxygen atoms in total. The molecule has 1 aliphatic carbocycles. The Labute approximate surface area is 252 Å². The molecule has 2 aromatic carbocycles. The molecule has 1 fully saturated rings. The molecule has 7 rings (SSSR count). The van der Waals surface area contributed by atoms with Crippen molar-refractivity contribution in [1.29, 1.82) is 0 Å². The monoisotopic (exact) mass is 622 g/mol. The van der Waals surface area contributed by atoms with Crippen LogP contribution in [0.15, 0.2) is 59.0 Å². The Morgan fingerprint density at radius 1 is 1.11 bits per heavy atom. The highest BCUT2D eigenvalue weighted by molar-refractivity contribution is 7.13. The van der Waals surface area contributed by atoms with Crippen LogP contribution in [-0.4, -0.2) is 65.9 Å². The number of carbonyl (C=O) groups is 2. The topological polar surface area (TPSA) is 112 Å². The molecule has 0 saturated carbocycles. The van der Waals surface area contributed by atoms with E-state index in [1.165, 1.54) is 34.3 Å². The smallest absolute Gasteiger partial charge is 0.451 e. The molecule has 0 bridgehead atoms. The molecule has 4 heterocycles. The first kappa shape index (κ1) is 28.0. The minimum absolute atomic E-state index is 0.00420. The van der Waals surface area contributed by atoms with Gasteiger partial charge in [-0.2, -0.15) is 0 Å². The van der Waals surface area contributed by atoms with Crippen LogP contribution in [0.2, 0.25) is 0 Å². The van der Waals surface area contributed by atoms with Gasteiger partial charge in [0.1, 0.15) is 6.17 Å². The molecular formula is C30H24F2N4O7S. The zero-order valence-electron chi connectivity index (χ0n) is 23.2. The lowest BCUT2D eigenvalue weighted by molar-refractivity contribution is -0.0210. The molecular weight excluding hydrogens is 598 g/mol. The largest absolute Gasteiger partial charge is 0.511 e. The summed E-state index contributed by atoms with van der Waals surface area (Å²) < 4.78 is 53.2. The van der Waals surface area contributed by atoms with Crippen LogP contribution in [0.25, 0.3) is 21.7 Å². The second kappa shape index (κ2) is 11.0. The summed E-state index contributed by atoms with van der Waals surface area (Å²) in [5.74, 6) is -2.92. The van der Waals surface area contributed by atoms with Gasteiger partial charge in [0.05, 0.1) is 41.9 Å². The van der Waals surface area contributed by atoms with Gasteiger partial charge in [-0.15, -0.1) is 11.3 Å². The fourth-order valence-corrected chi connectivity index (χ4v) is 6.84. The van der Waals surface area contributed by atoms with E-state index >= 15 is 4.39 Å². The van der Waals surface area contributed by atoms with Gasteiger partial charge in [0.2, 0.25) is 18.0 Å². The van der Waals surface area contributed by atoms with Crippen molar-refractivity contribution in [2.45, 2.75) is 19.1 Å². The molecule has 44 heavy (non-hydrogen) atoms. The lowest BCUT2D eigenvalue weighted by atomic mass is 9.92. The van der Waals surface area contributed by atoms with E-state index in [0.717, 1.165) is 17.2 Å². The highest BCUT2D eigenvalue weighted by atomic mass is 32.1. The number of benzene rings is 2. The number of carbonyl (C=O) groups excluding carboxylic acids is 2. The zero-order valence-corrected chi connectivity index (χ0v) is 24.0. The summed E-state index contributed by atoms with van der Waals surface area (Å²) in [4.78, 5) is 45.5. The fraction of sp³-hybridized carbons (Fsp3) is 0.267. The Morgan fingerprint density at radius 2 is 1.95 bits per heavy atom. The number of rotatable bonds is 5. The zero-order chi connectivity index (χ0) is 30.5. The number of hydrogen-bond donors (Lipinski definition) is 0. The first-order valence-corrected chi connectivity index (χ1v) is 14.6. The minimum Gasteiger partial charge on any atom is -0.451 e. The number of morpholine rings is 1. The summed E-state index contributed by atoms with van der Waals surface area (Å²) in [5.41, 5.74) is 3.05. The van der Waals surface area contributed by atoms with E-state index < -0.39 is 48.1 Å². The Hall–Kier alpha value is -4.82. The number of aromatic nitrogens is 2. The summed E-state index contributed by atoms with van der Waals surface area (Å²) in [6.07, 6.45) is -0.277. The predicted molar refractivity (Wildman–Crippen MR) is 153 cm³/mol. The van der Waals surface area contributed by atoms with Crippen molar-refractivity contribution in [2.24, 2.45) is 0 Å². The maximum Gasteiger partial charge on any atom is 0.511 e. The molecule has 2 aliphatic heterocycles. The second-order valence-corrected chi connectivity index (χ2v) is 10.9. The third kappa shape index (κ3) is 4.32. The number of pyridine rings is 1. The molecule has 2 aromatic heterocycles. The molecule has 0 spiro atoms. The van der Waals surface area contributed by atoms with Gasteiger partial charge in [-0.3, -0.25) is 19.3 Å². The molecule has 3 aliphatic rings. The molecule has 0 unspecified atom stereocenters. The predicted octanol–water partition coefficient (Wildman–Crippen LogP) is 4.28. The Morgan fingerprint density at radius 3 is 2.80 bits per heavy atom. The van der Waals surface area contributed by atoms with Crippen LogP contribution in [-0.2, 0) is 14.2 Å². The maximum absolute atomic E-state index is 15.8. The Balaban J connectivity index is 1.46. The summed E-state index contributed by atoms with van der Waals surface area (Å²) in [5, 5.41) is 1.81. The minimum atomic E-state index is -1.04. The van der Waals surface area contributed by atoms with Crippen molar-refractivity contribution in [3.8, 4) is 27.4 Å². The molecule has 226 valence electrons. The first-order valence-electron chi connectivity index (χ1n) is 13.8. The van der Waals surface area contributed by atoms with Gasteiger partial charge < -0.3 is 23.8 Å². The van der Waals surface area contributed by atoms with Gasteiger partial charge in [-0.25, -0.2) is 18.6 Å². The molecule has 0 N–H and O–H groups in total. The number of nitrogens with zero attached hydrogens (tertiary/aromatic N) is 4. The number of hydrogen-bond acceptors (Lipinski definition) is 10. The third-order valence-electron chi connectivity index (χ3n) is 7.79. The van der Waals surface area contributed by atoms with Gasteiger partial charge in [0.25, 0.3) is 5.91 Å². The van der Waals surface area contributed by atoms with Crippen LogP contribution in [0.4, 0.5) is 13.6 Å². The van der Waals surface area contributed by atoms with Gasteiger partial charge in [-0.05, 0) is 29.7 Å². The Bertz CT molecular complexity index is 1860. The number of thiazole rings is 1. The molecule has 1 amide bonds. The van der Waals surface area contributed by atoms with Crippen LogP contribution in [0.5, 0.6) is 5.75 Å². The quantitative estimate of drug-likeness (QED) is 0.238. The third-order valence-corrected chi connectivity index (χ3v) is 8.65. The van der Waals surface area contributed by atoms with E-state index in [0.29, 0.717) is 16.1 Å². The van der Waals surface area contributed by atoms with E-state index in [9.17, 15) is 18.8 Å². The van der Waals surface area contributed by atoms with Gasteiger partial charge >= 0.3 is 6.16 Å². The highest BCUT2D eigenvalue weighted by Gasteiger charge is 2.47. The second-order valence-electron chi connectivity index (χ2n) is 10.1. The molecule has 4 aromatic rings. The van der Waals surface area contributed by atoms with Crippen LogP contribution < -0.4 is 15.2 Å². The lowest BCUT2D eigenvalue weighted by Crippen LogP contribution is -2.66. The maximum atomic E-state index is 15.8. The number of amides is 1. The molecule has 0 radical (unpaired) electrons. The van der Waals surface area contributed by atoms with E-state index in [4.69, 9.17) is 18.9 Å². The van der Waals surface area contributed by atoms with E-state index in [1.54, 1.807) is 22.3 Å². The van der Waals surface area contributed by atoms with Crippen molar-refractivity contribution in [3.63, 3.8) is 0 Å². The van der Waals surface area contributed by atoms with Crippen LogP contribution in [0.1, 0.15) is 34.6 Å². The summed E-state index contributed by atoms with van der Waals surface area (Å²) in [7, 11) is 0. The molecule has 14 heteroatoms. The van der Waals surface area contributed by atoms with Gasteiger partial charge in [0.15, 0.2) is 17.3 Å². The van der Waals surface area contributed by atoms with E-state index in [-0.39, 0.29) is 43.4 Å². The van der Waals surface area contributed by atoms with Crippen molar-refractivity contribution in [1.82, 2.24) is 14.6 Å². The number of ether oxygens (including phenoxy) is 4. The average molecular weight is 623 g/mol. The van der Waals surface area contributed by atoms with Crippen molar-refractivity contribution < 1.29 is 37.3 Å². The number of fused-ring (bicyclic) bond motifs is 7. The summed E-state index contributed by atoms with van der Waals surface area (Å²) >= 11 is 1.31. The SMILES string of the molecule is CCOC(=O)OCOc1c2n(ccc1=O)N([C@@H]1c3ccccc3-c3scnc3-c3c1ccc(F)c3F)[C@@H]1COCCN1C2=O. The fourth-order valence-electron chi connectivity index (χ4n) is 6.00. The molecule has 2 atom stereocenters. The van der Waals surface area contributed by atoms with Gasteiger partial charge in [0, 0.05) is 24.4 Å². The highest BCUT2D eigenvalue weighted by Crippen LogP contribution is 2.50. The van der Waals surface area contributed by atoms with Gasteiger partial charge in [-0.1, -0.05) is 30.3 Å². The van der Waals surface area contributed by atoms with Crippen LogP contribution >= 0.6 is 11.3 Å². The van der Waals surface area contributed by atoms with E-state index in [2.05, 4.69) is 4.98 Å². The van der Waals surface area contributed by atoms with Crippen molar-refractivity contribution in [2.75, 3.05) is 38.2 Å². The first-order chi connectivity index (χ1) is 21.4. The van der Waals surface area contributed by atoms with Crippen molar-refractivity contribution >= 4 is 23.4 Å². The lowest BCUT2D eigenvalue weighted by Gasteiger charge is -2.51. The molecule has 1 saturated heterocycles. The summed E-state index contributed by atoms with van der Waals surface area (Å²) in [6.45, 7) is 1.52. The Kier molecular flexibility index (Phi) is 7.01.